The fourth-order valence-electron chi connectivity index (χ4n) is 2.82. The molecule has 1 spiro atoms. The molecule has 0 N–H and O–H groups in total. The van der Waals surface area contributed by atoms with Crippen LogP contribution in [0.5, 0.6) is 0 Å². The molecule has 1 aliphatic carbocycles. The van der Waals surface area contributed by atoms with Crippen LogP contribution in [-0.2, 0) is 0 Å². The maximum Gasteiger partial charge on any atom is 0.00437 e. The summed E-state index contributed by atoms with van der Waals surface area (Å²) in [6, 6.07) is 0.761. The van der Waals surface area contributed by atoms with E-state index in [1.54, 1.807) is 0 Å². The molecule has 0 aromatic carbocycles. The predicted molar refractivity (Wildman–Crippen MR) is 52.2 cm³/mol. The summed E-state index contributed by atoms with van der Waals surface area (Å²) in [5, 5.41) is 0. The lowest BCUT2D eigenvalue weighted by molar-refractivity contribution is 0.0495. The zero-order valence-corrected chi connectivity index (χ0v) is 8.64. The van der Waals surface area contributed by atoms with Crippen molar-refractivity contribution in [2.24, 2.45) is 11.3 Å². The Bertz CT molecular complexity index is 176. The van der Waals surface area contributed by atoms with Crippen molar-refractivity contribution in [1.82, 2.24) is 4.90 Å². The Hall–Kier alpha value is -0.0400. The first-order valence-corrected chi connectivity index (χ1v) is 5.38. The van der Waals surface area contributed by atoms with E-state index in [1.807, 2.05) is 0 Å². The summed E-state index contributed by atoms with van der Waals surface area (Å²) >= 11 is 0. The van der Waals surface area contributed by atoms with Crippen molar-refractivity contribution in [3.05, 3.63) is 0 Å². The van der Waals surface area contributed by atoms with E-state index in [4.69, 9.17) is 0 Å². The molecular weight excluding hydrogens is 146 g/mol. The third-order valence-corrected chi connectivity index (χ3v) is 4.27. The lowest BCUT2D eigenvalue weighted by atomic mass is 9.60. The van der Waals surface area contributed by atoms with Gasteiger partial charge in [0.1, 0.15) is 0 Å². The van der Waals surface area contributed by atoms with Gasteiger partial charge in [-0.2, -0.15) is 0 Å². The van der Waals surface area contributed by atoms with Crippen molar-refractivity contribution in [2.45, 2.75) is 46.1 Å². The van der Waals surface area contributed by atoms with Gasteiger partial charge in [0, 0.05) is 12.6 Å². The fourth-order valence-corrected chi connectivity index (χ4v) is 2.82. The second kappa shape index (κ2) is 2.73. The third kappa shape index (κ3) is 1.10. The van der Waals surface area contributed by atoms with E-state index in [0.717, 1.165) is 17.4 Å². The largest absolute Gasteiger partial charge is 0.300 e. The predicted octanol–water partition coefficient (Wildman–Crippen LogP) is 2.52. The molecule has 0 amide bonds. The van der Waals surface area contributed by atoms with Gasteiger partial charge >= 0.3 is 0 Å². The quantitative estimate of drug-likeness (QED) is 0.580. The average molecular weight is 167 g/mol. The van der Waals surface area contributed by atoms with E-state index in [1.165, 1.54) is 32.4 Å². The van der Waals surface area contributed by atoms with Crippen LogP contribution in [0.2, 0.25) is 0 Å². The Kier molecular flexibility index (Phi) is 1.95. The number of hydrogen-bond acceptors (Lipinski definition) is 1. The lowest BCUT2D eigenvalue weighted by Crippen LogP contribution is -2.42. The molecule has 0 aromatic heterocycles. The molecule has 2 rings (SSSR count). The zero-order valence-electron chi connectivity index (χ0n) is 8.64. The summed E-state index contributed by atoms with van der Waals surface area (Å²) in [6.07, 6.45) is 4.44. The zero-order chi connectivity index (χ0) is 8.77. The number of rotatable bonds is 1. The minimum absolute atomic E-state index is 0.754. The fraction of sp³-hybridized carbons (Fsp3) is 1.00. The first-order chi connectivity index (χ1) is 5.64. The molecule has 1 heterocycles. The monoisotopic (exact) mass is 167 g/mol. The second-order valence-corrected chi connectivity index (χ2v) is 5.12. The lowest BCUT2D eigenvalue weighted by Gasteiger charge is -2.45. The van der Waals surface area contributed by atoms with E-state index < -0.39 is 0 Å². The Morgan fingerprint density at radius 3 is 2.33 bits per heavy atom. The van der Waals surface area contributed by atoms with Gasteiger partial charge in [0.2, 0.25) is 0 Å². The van der Waals surface area contributed by atoms with Gasteiger partial charge in [0.05, 0.1) is 0 Å². The van der Waals surface area contributed by atoms with Crippen molar-refractivity contribution < 1.29 is 0 Å². The molecule has 2 atom stereocenters. The summed E-state index contributed by atoms with van der Waals surface area (Å²) < 4.78 is 0. The van der Waals surface area contributed by atoms with Gasteiger partial charge in [-0.25, -0.2) is 0 Å². The highest BCUT2D eigenvalue weighted by molar-refractivity contribution is 5.00. The molecule has 1 heteroatoms. The first-order valence-electron chi connectivity index (χ1n) is 5.38. The molecule has 1 saturated carbocycles. The minimum Gasteiger partial charge on any atom is -0.300 e. The Morgan fingerprint density at radius 2 is 2.08 bits per heavy atom. The van der Waals surface area contributed by atoms with Gasteiger partial charge < -0.3 is 4.90 Å². The molecule has 1 saturated heterocycles. The highest BCUT2D eigenvalue weighted by atomic mass is 15.2. The van der Waals surface area contributed by atoms with Crippen molar-refractivity contribution in [3.63, 3.8) is 0 Å². The van der Waals surface area contributed by atoms with Gasteiger partial charge in [0.25, 0.3) is 0 Å². The van der Waals surface area contributed by atoms with Crippen LogP contribution < -0.4 is 0 Å². The molecule has 2 aliphatic rings. The third-order valence-electron chi connectivity index (χ3n) is 4.27. The van der Waals surface area contributed by atoms with Gasteiger partial charge in [0.15, 0.2) is 0 Å². The van der Waals surface area contributed by atoms with E-state index in [2.05, 4.69) is 25.7 Å². The number of nitrogens with zero attached hydrogens (tertiary/aromatic N) is 1. The van der Waals surface area contributed by atoms with Crippen LogP contribution >= 0.6 is 0 Å². The first kappa shape index (κ1) is 8.55. The minimum atomic E-state index is 0.754. The molecule has 0 bridgehead atoms. The number of likely N-dealkylation sites (tertiary alicyclic amines) is 1. The van der Waals surface area contributed by atoms with Crippen LogP contribution in [0.15, 0.2) is 0 Å². The molecule has 12 heavy (non-hydrogen) atoms. The smallest absolute Gasteiger partial charge is 0.00437 e. The highest BCUT2D eigenvalue weighted by Gasteiger charge is 2.48. The molecular formula is C11H21N. The Morgan fingerprint density at radius 1 is 1.33 bits per heavy atom. The molecule has 2 fully saturated rings. The van der Waals surface area contributed by atoms with Crippen LogP contribution in [0.25, 0.3) is 0 Å². The standard InChI is InChI=1S/C11H21N/c1-9(2)12-7-6-11(8-12)5-4-10(11)3/h9-10H,4-8H2,1-3H3. The van der Waals surface area contributed by atoms with Crippen molar-refractivity contribution in [2.75, 3.05) is 13.1 Å². The molecule has 1 nitrogen and oxygen atoms in total. The van der Waals surface area contributed by atoms with Crippen molar-refractivity contribution in [3.8, 4) is 0 Å². The van der Waals surface area contributed by atoms with Crippen LogP contribution in [0.4, 0.5) is 0 Å². The van der Waals surface area contributed by atoms with E-state index >= 15 is 0 Å². The summed E-state index contributed by atoms with van der Waals surface area (Å²) in [7, 11) is 0. The Labute approximate surface area is 76.1 Å². The van der Waals surface area contributed by atoms with Crippen molar-refractivity contribution >= 4 is 0 Å². The van der Waals surface area contributed by atoms with Crippen LogP contribution in [-0.4, -0.2) is 24.0 Å². The molecule has 0 radical (unpaired) electrons. The molecule has 2 unspecified atom stereocenters. The average Bonchev–Trinajstić information content (AvgIpc) is 2.48. The van der Waals surface area contributed by atoms with Crippen LogP contribution in [0.3, 0.4) is 0 Å². The van der Waals surface area contributed by atoms with E-state index in [-0.39, 0.29) is 0 Å². The highest BCUT2D eigenvalue weighted by Crippen LogP contribution is 2.52. The summed E-state index contributed by atoms with van der Waals surface area (Å²) in [5.41, 5.74) is 0.754. The molecule has 1 aliphatic heterocycles. The van der Waals surface area contributed by atoms with Gasteiger partial charge in [-0.1, -0.05) is 6.92 Å². The number of hydrogen-bond donors (Lipinski definition) is 0. The normalized spacial score (nSPS) is 42.5. The van der Waals surface area contributed by atoms with Gasteiger partial charge in [-0.05, 0) is 51.0 Å². The Balaban J connectivity index is 1.97. The topological polar surface area (TPSA) is 3.24 Å². The van der Waals surface area contributed by atoms with Gasteiger partial charge in [-0.15, -0.1) is 0 Å². The maximum absolute atomic E-state index is 2.65. The summed E-state index contributed by atoms with van der Waals surface area (Å²) in [5.74, 6) is 1.00. The van der Waals surface area contributed by atoms with Crippen molar-refractivity contribution in [1.29, 1.82) is 0 Å². The van der Waals surface area contributed by atoms with E-state index in [0.29, 0.717) is 0 Å². The van der Waals surface area contributed by atoms with Gasteiger partial charge in [-0.3, -0.25) is 0 Å². The van der Waals surface area contributed by atoms with E-state index in [9.17, 15) is 0 Å². The van der Waals surface area contributed by atoms with Crippen LogP contribution in [0, 0.1) is 11.3 Å². The second-order valence-electron chi connectivity index (χ2n) is 5.12. The molecule has 0 aromatic rings. The molecule has 70 valence electrons. The summed E-state index contributed by atoms with van der Waals surface area (Å²) in [6.45, 7) is 9.81. The van der Waals surface area contributed by atoms with Crippen LogP contribution in [0.1, 0.15) is 40.0 Å². The summed E-state index contributed by atoms with van der Waals surface area (Å²) in [4.78, 5) is 2.65. The SMILES string of the molecule is CC(C)N1CCC2(CCC2C)C1. The maximum atomic E-state index is 2.65.